The van der Waals surface area contributed by atoms with Crippen molar-refractivity contribution >= 4 is 29.2 Å². The Morgan fingerprint density at radius 1 is 1.44 bits per heavy atom. The quantitative estimate of drug-likeness (QED) is 0.421. The molecule has 0 aromatic heterocycles. The summed E-state index contributed by atoms with van der Waals surface area (Å²) in [7, 11) is 0. The van der Waals surface area contributed by atoms with Crippen LogP contribution in [-0.2, 0) is 19.1 Å². The normalized spacial score (nSPS) is 30.9. The highest BCUT2D eigenvalue weighted by molar-refractivity contribution is 6.30. The van der Waals surface area contributed by atoms with Crippen molar-refractivity contribution in [3.8, 4) is 0 Å². The van der Waals surface area contributed by atoms with Crippen molar-refractivity contribution in [3.63, 3.8) is 0 Å². The number of fused-ring (bicyclic) bond motifs is 1. The molecule has 0 unspecified atom stereocenters. The Labute approximate surface area is 162 Å². The van der Waals surface area contributed by atoms with Gasteiger partial charge in [-0.05, 0) is 24.6 Å². The molecule has 4 rings (SSSR count). The molecule has 7 heteroatoms. The van der Waals surface area contributed by atoms with Gasteiger partial charge in [0.2, 0.25) is 5.91 Å². The Balaban J connectivity index is 1.55. The number of benzene rings is 1. The van der Waals surface area contributed by atoms with Gasteiger partial charge in [0.25, 0.3) is 0 Å². The van der Waals surface area contributed by atoms with E-state index in [1.807, 2.05) is 12.2 Å². The van der Waals surface area contributed by atoms with Crippen molar-refractivity contribution in [1.29, 1.82) is 0 Å². The third-order valence-corrected chi connectivity index (χ3v) is 5.89. The number of carbonyl (C=O) groups is 2. The molecule has 1 aromatic rings. The minimum atomic E-state index is -0.856. The molecule has 4 atom stereocenters. The van der Waals surface area contributed by atoms with Gasteiger partial charge < -0.3 is 14.4 Å². The number of amides is 1. The van der Waals surface area contributed by atoms with Crippen LogP contribution in [0.25, 0.3) is 0 Å². The molecular formula is C20H21ClFNO4. The maximum atomic E-state index is 13.9. The van der Waals surface area contributed by atoms with Gasteiger partial charge in [-0.3, -0.25) is 9.59 Å². The minimum Gasteiger partial charge on any atom is -0.465 e. The molecule has 3 heterocycles. The Morgan fingerprint density at radius 2 is 2.26 bits per heavy atom. The van der Waals surface area contributed by atoms with Gasteiger partial charge in [0.05, 0.1) is 30.2 Å². The van der Waals surface area contributed by atoms with Crippen LogP contribution in [0.4, 0.5) is 10.1 Å². The predicted molar refractivity (Wildman–Crippen MR) is 98.0 cm³/mol. The molecule has 1 amide bonds. The second kappa shape index (κ2) is 6.91. The maximum Gasteiger partial charge on any atom is 0.312 e. The molecular weight excluding hydrogens is 373 g/mol. The average molecular weight is 394 g/mol. The maximum absolute atomic E-state index is 13.9. The van der Waals surface area contributed by atoms with Crippen LogP contribution in [0.1, 0.15) is 26.2 Å². The molecule has 3 aliphatic heterocycles. The van der Waals surface area contributed by atoms with Gasteiger partial charge in [-0.25, -0.2) is 4.39 Å². The zero-order chi connectivity index (χ0) is 19.2. The van der Waals surface area contributed by atoms with E-state index in [2.05, 4.69) is 6.92 Å². The summed E-state index contributed by atoms with van der Waals surface area (Å²) in [6.07, 6.45) is 6.06. The summed E-state index contributed by atoms with van der Waals surface area (Å²) in [6, 6.07) is 4.24. The smallest absolute Gasteiger partial charge is 0.312 e. The van der Waals surface area contributed by atoms with Gasteiger partial charge in [0.15, 0.2) is 0 Å². The van der Waals surface area contributed by atoms with E-state index < -0.39 is 35.3 Å². The summed E-state index contributed by atoms with van der Waals surface area (Å²) in [5.74, 6) is -2.55. The number of hydrogen-bond donors (Lipinski definition) is 0. The SMILES string of the molecule is CCCCCOC(=O)[C@@H]1[C@H]2C(=O)N(c3ccc(Cl)c(F)c3)C[C@@]23C=C[C@H]1O3. The summed E-state index contributed by atoms with van der Waals surface area (Å²) in [5.41, 5.74) is -0.452. The summed E-state index contributed by atoms with van der Waals surface area (Å²) >= 11 is 5.74. The van der Waals surface area contributed by atoms with Gasteiger partial charge >= 0.3 is 5.97 Å². The van der Waals surface area contributed by atoms with Crippen molar-refractivity contribution in [2.45, 2.75) is 37.9 Å². The molecule has 1 aromatic carbocycles. The lowest BCUT2D eigenvalue weighted by Gasteiger charge is -2.22. The zero-order valence-corrected chi connectivity index (χ0v) is 15.7. The van der Waals surface area contributed by atoms with Crippen molar-refractivity contribution in [2.75, 3.05) is 18.1 Å². The lowest BCUT2D eigenvalue weighted by molar-refractivity contribution is -0.152. The average Bonchev–Trinajstić information content (AvgIpc) is 3.29. The monoisotopic (exact) mass is 393 g/mol. The number of anilines is 1. The van der Waals surface area contributed by atoms with Crippen LogP contribution in [0.5, 0.6) is 0 Å². The molecule has 144 valence electrons. The zero-order valence-electron chi connectivity index (χ0n) is 15.0. The summed E-state index contributed by atoms with van der Waals surface area (Å²) in [6.45, 7) is 2.66. The lowest BCUT2D eigenvalue weighted by Crippen LogP contribution is -2.40. The van der Waals surface area contributed by atoms with Gasteiger partial charge in [0.1, 0.15) is 17.3 Å². The minimum absolute atomic E-state index is 0.00522. The second-order valence-corrected chi connectivity index (χ2v) is 7.70. The molecule has 2 saturated heterocycles. The number of unbranched alkanes of at least 4 members (excludes halogenated alkanes) is 2. The van der Waals surface area contributed by atoms with Crippen LogP contribution in [-0.4, -0.2) is 36.7 Å². The molecule has 0 aliphatic carbocycles. The molecule has 2 bridgehead atoms. The van der Waals surface area contributed by atoms with Crippen LogP contribution >= 0.6 is 11.6 Å². The molecule has 1 spiro atoms. The second-order valence-electron chi connectivity index (χ2n) is 7.30. The van der Waals surface area contributed by atoms with Crippen LogP contribution in [0, 0.1) is 17.7 Å². The van der Waals surface area contributed by atoms with E-state index in [9.17, 15) is 14.0 Å². The fraction of sp³-hybridized carbons (Fsp3) is 0.500. The first-order valence-corrected chi connectivity index (χ1v) is 9.65. The third-order valence-electron chi connectivity index (χ3n) is 5.58. The van der Waals surface area contributed by atoms with Crippen molar-refractivity contribution in [2.24, 2.45) is 11.8 Å². The van der Waals surface area contributed by atoms with Crippen LogP contribution in [0.3, 0.4) is 0 Å². The van der Waals surface area contributed by atoms with Crippen LogP contribution in [0.15, 0.2) is 30.4 Å². The van der Waals surface area contributed by atoms with E-state index in [1.165, 1.54) is 17.0 Å². The number of nitrogens with zero attached hydrogens (tertiary/aromatic N) is 1. The fourth-order valence-corrected chi connectivity index (χ4v) is 4.38. The lowest BCUT2D eigenvalue weighted by atomic mass is 9.77. The van der Waals surface area contributed by atoms with Crippen LogP contribution < -0.4 is 4.90 Å². The van der Waals surface area contributed by atoms with Gasteiger partial charge in [-0.2, -0.15) is 0 Å². The van der Waals surface area contributed by atoms with Crippen molar-refractivity contribution in [1.82, 2.24) is 0 Å². The number of esters is 1. The molecule has 5 nitrogen and oxygen atoms in total. The highest BCUT2D eigenvalue weighted by atomic mass is 35.5. The number of carbonyl (C=O) groups excluding carboxylic acids is 2. The predicted octanol–water partition coefficient (Wildman–Crippen LogP) is 3.50. The Kier molecular flexibility index (Phi) is 4.72. The van der Waals surface area contributed by atoms with Gasteiger partial charge in [-0.15, -0.1) is 0 Å². The Hall–Kier alpha value is -1.92. The first kappa shape index (κ1) is 18.4. The van der Waals surface area contributed by atoms with E-state index in [0.29, 0.717) is 12.3 Å². The highest BCUT2D eigenvalue weighted by Crippen LogP contribution is 2.53. The summed E-state index contributed by atoms with van der Waals surface area (Å²) < 4.78 is 25.3. The van der Waals surface area contributed by atoms with Gasteiger partial charge in [-0.1, -0.05) is 43.5 Å². The first-order valence-electron chi connectivity index (χ1n) is 9.27. The van der Waals surface area contributed by atoms with E-state index in [1.54, 1.807) is 6.07 Å². The standard InChI is InChI=1S/C20H21ClFNO4/c1-2-3-4-9-26-19(25)16-15-7-8-20(27-15)11-23(18(24)17(16)20)12-5-6-13(21)14(22)10-12/h5-8,10,15-17H,2-4,9,11H2,1H3/t15-,16+,17+,20+/m1/s1. The van der Waals surface area contributed by atoms with E-state index in [4.69, 9.17) is 21.1 Å². The summed E-state index contributed by atoms with van der Waals surface area (Å²) in [5, 5.41) is -0.00522. The number of rotatable bonds is 6. The van der Waals surface area contributed by atoms with Gasteiger partial charge in [0, 0.05) is 5.69 Å². The van der Waals surface area contributed by atoms with E-state index in [0.717, 1.165) is 19.3 Å². The molecule has 2 fully saturated rings. The molecule has 0 radical (unpaired) electrons. The largest absolute Gasteiger partial charge is 0.465 e. The first-order chi connectivity index (χ1) is 13.0. The molecule has 0 N–H and O–H groups in total. The highest BCUT2D eigenvalue weighted by Gasteiger charge is 2.67. The third kappa shape index (κ3) is 2.95. The van der Waals surface area contributed by atoms with Crippen molar-refractivity contribution in [3.05, 3.63) is 41.2 Å². The number of ether oxygens (including phenoxy) is 2. The van der Waals surface area contributed by atoms with Crippen molar-refractivity contribution < 1.29 is 23.5 Å². The number of halogens is 2. The fourth-order valence-electron chi connectivity index (χ4n) is 4.26. The molecule has 27 heavy (non-hydrogen) atoms. The number of hydrogen-bond acceptors (Lipinski definition) is 4. The Bertz CT molecular complexity index is 813. The molecule has 3 aliphatic rings. The topological polar surface area (TPSA) is 55.8 Å². The summed E-state index contributed by atoms with van der Waals surface area (Å²) in [4.78, 5) is 27.2. The molecule has 0 saturated carbocycles. The van der Waals surface area contributed by atoms with E-state index >= 15 is 0 Å². The van der Waals surface area contributed by atoms with Crippen LogP contribution in [0.2, 0.25) is 5.02 Å². The Morgan fingerprint density at radius 3 is 3.00 bits per heavy atom. The van der Waals surface area contributed by atoms with E-state index in [-0.39, 0.29) is 17.5 Å².